The Morgan fingerprint density at radius 2 is 1.50 bits per heavy atom. The van der Waals surface area contributed by atoms with Gasteiger partial charge in [0.15, 0.2) is 5.82 Å². The fourth-order valence-corrected chi connectivity index (χ4v) is 2.68. The number of H-pyrrole nitrogens is 1. The molecule has 0 spiro atoms. The van der Waals surface area contributed by atoms with Crippen LogP contribution in [0, 0.1) is 11.6 Å². The molecule has 0 fully saturated rings. The summed E-state index contributed by atoms with van der Waals surface area (Å²) >= 11 is 0. The first kappa shape index (κ1) is 16.1. The maximum absolute atomic E-state index is 13.3. The van der Waals surface area contributed by atoms with Gasteiger partial charge < -0.3 is 4.98 Å². The van der Waals surface area contributed by atoms with E-state index in [1.165, 1.54) is 24.3 Å². The van der Waals surface area contributed by atoms with Gasteiger partial charge in [-0.3, -0.25) is 0 Å². The lowest BCUT2D eigenvalue weighted by Gasteiger charge is -2.02. The predicted molar refractivity (Wildman–Crippen MR) is 94.2 cm³/mol. The van der Waals surface area contributed by atoms with E-state index in [4.69, 9.17) is 0 Å². The molecule has 4 rings (SSSR count). The SMILES string of the molecule is Fc1cccc(Cc2ncc(-c3cnc(-c4cccc(F)c4)nc3)[nH]2)c1. The van der Waals surface area contributed by atoms with Gasteiger partial charge in [0.1, 0.15) is 17.5 Å². The first-order chi connectivity index (χ1) is 12.7. The Morgan fingerprint density at radius 1 is 0.769 bits per heavy atom. The number of halogens is 2. The van der Waals surface area contributed by atoms with Crippen molar-refractivity contribution in [3.05, 3.63) is 90.1 Å². The van der Waals surface area contributed by atoms with E-state index >= 15 is 0 Å². The van der Waals surface area contributed by atoms with Crippen molar-refractivity contribution in [1.29, 1.82) is 0 Å². The van der Waals surface area contributed by atoms with E-state index in [1.54, 1.807) is 36.8 Å². The summed E-state index contributed by atoms with van der Waals surface area (Å²) in [5.41, 5.74) is 2.99. The average molecular weight is 348 g/mol. The first-order valence-electron chi connectivity index (χ1n) is 8.04. The molecule has 2 aromatic carbocycles. The standard InChI is InChI=1S/C20H14F2N4/c21-16-5-1-3-13(7-16)8-19-23-12-18(26-19)15-10-24-20(25-11-15)14-4-2-6-17(22)9-14/h1-7,9-12H,8H2,(H,23,26). The largest absolute Gasteiger partial charge is 0.342 e. The lowest BCUT2D eigenvalue weighted by atomic mass is 10.1. The van der Waals surface area contributed by atoms with Gasteiger partial charge >= 0.3 is 0 Å². The van der Waals surface area contributed by atoms with Gasteiger partial charge in [-0.15, -0.1) is 0 Å². The number of hydrogen-bond donors (Lipinski definition) is 1. The van der Waals surface area contributed by atoms with Gasteiger partial charge in [0.25, 0.3) is 0 Å². The van der Waals surface area contributed by atoms with Gasteiger partial charge in [-0.25, -0.2) is 23.7 Å². The fraction of sp³-hybridized carbons (Fsp3) is 0.0500. The number of rotatable bonds is 4. The van der Waals surface area contributed by atoms with Gasteiger partial charge in [0.2, 0.25) is 0 Å². The van der Waals surface area contributed by atoms with Gasteiger partial charge in [0.05, 0.1) is 11.9 Å². The molecular weight excluding hydrogens is 334 g/mol. The van der Waals surface area contributed by atoms with Gasteiger partial charge in [0, 0.05) is 29.9 Å². The third-order valence-electron chi connectivity index (χ3n) is 3.93. The number of benzene rings is 2. The van der Waals surface area contributed by atoms with Crippen molar-refractivity contribution < 1.29 is 8.78 Å². The molecule has 6 heteroatoms. The molecule has 26 heavy (non-hydrogen) atoms. The van der Waals surface area contributed by atoms with Crippen LogP contribution >= 0.6 is 0 Å². The molecule has 0 atom stereocenters. The second kappa shape index (κ2) is 6.84. The molecule has 0 aliphatic heterocycles. The van der Waals surface area contributed by atoms with Crippen molar-refractivity contribution in [1.82, 2.24) is 19.9 Å². The van der Waals surface area contributed by atoms with Crippen LogP contribution in [0.4, 0.5) is 8.78 Å². The molecule has 0 amide bonds. The molecule has 0 saturated carbocycles. The van der Waals surface area contributed by atoms with Crippen LogP contribution in [0.1, 0.15) is 11.4 Å². The van der Waals surface area contributed by atoms with Gasteiger partial charge in [-0.2, -0.15) is 0 Å². The van der Waals surface area contributed by atoms with E-state index in [2.05, 4.69) is 19.9 Å². The summed E-state index contributed by atoms with van der Waals surface area (Å²) in [6.07, 6.45) is 5.51. The zero-order valence-electron chi connectivity index (χ0n) is 13.7. The van der Waals surface area contributed by atoms with Crippen LogP contribution in [0.15, 0.2) is 67.1 Å². The van der Waals surface area contributed by atoms with E-state index in [-0.39, 0.29) is 11.6 Å². The number of aromatic nitrogens is 4. The Bertz CT molecular complexity index is 1040. The fourth-order valence-electron chi connectivity index (χ4n) is 2.68. The number of aromatic amines is 1. The topological polar surface area (TPSA) is 54.5 Å². The molecule has 0 bridgehead atoms. The summed E-state index contributed by atoms with van der Waals surface area (Å²) in [5.74, 6) is 0.578. The predicted octanol–water partition coefficient (Wildman–Crippen LogP) is 4.40. The van der Waals surface area contributed by atoms with Crippen molar-refractivity contribution in [2.45, 2.75) is 6.42 Å². The second-order valence-corrected chi connectivity index (χ2v) is 5.86. The average Bonchev–Trinajstić information content (AvgIpc) is 3.10. The Labute approximate surface area is 148 Å². The third kappa shape index (κ3) is 3.49. The Kier molecular flexibility index (Phi) is 4.23. The quantitative estimate of drug-likeness (QED) is 0.595. The minimum Gasteiger partial charge on any atom is -0.342 e. The molecule has 0 aliphatic rings. The molecule has 4 nitrogen and oxygen atoms in total. The Morgan fingerprint density at radius 3 is 2.23 bits per heavy atom. The second-order valence-electron chi connectivity index (χ2n) is 5.86. The lowest BCUT2D eigenvalue weighted by molar-refractivity contribution is 0.625. The molecule has 0 aliphatic carbocycles. The summed E-state index contributed by atoms with van der Waals surface area (Å²) in [5, 5.41) is 0. The minimum absolute atomic E-state index is 0.268. The first-order valence-corrected chi connectivity index (χ1v) is 8.04. The molecule has 2 aromatic heterocycles. The molecule has 0 radical (unpaired) electrons. The Balaban J connectivity index is 1.54. The number of nitrogens with zero attached hydrogens (tertiary/aromatic N) is 3. The van der Waals surface area contributed by atoms with E-state index in [0.29, 0.717) is 17.8 Å². The highest BCUT2D eigenvalue weighted by molar-refractivity contribution is 5.60. The summed E-state index contributed by atoms with van der Waals surface area (Å²) in [6.45, 7) is 0. The number of nitrogens with one attached hydrogen (secondary N) is 1. The lowest BCUT2D eigenvalue weighted by Crippen LogP contribution is -1.92. The summed E-state index contributed by atoms with van der Waals surface area (Å²) in [7, 11) is 0. The van der Waals surface area contributed by atoms with Crippen LogP contribution in [0.5, 0.6) is 0 Å². The van der Waals surface area contributed by atoms with Gasteiger partial charge in [-0.1, -0.05) is 24.3 Å². The monoisotopic (exact) mass is 348 g/mol. The molecule has 0 saturated heterocycles. The zero-order valence-corrected chi connectivity index (χ0v) is 13.7. The Hall–Kier alpha value is -3.41. The zero-order chi connectivity index (χ0) is 17.9. The summed E-state index contributed by atoms with van der Waals surface area (Å²) in [6, 6.07) is 12.6. The van der Waals surface area contributed by atoms with Crippen molar-refractivity contribution in [3.8, 4) is 22.6 Å². The van der Waals surface area contributed by atoms with E-state index in [1.807, 2.05) is 6.07 Å². The number of hydrogen-bond acceptors (Lipinski definition) is 3. The van der Waals surface area contributed by atoms with E-state index < -0.39 is 0 Å². The van der Waals surface area contributed by atoms with E-state index in [0.717, 1.165) is 22.6 Å². The normalized spacial score (nSPS) is 10.8. The summed E-state index contributed by atoms with van der Waals surface area (Å²) in [4.78, 5) is 16.1. The van der Waals surface area contributed by atoms with Crippen LogP contribution < -0.4 is 0 Å². The van der Waals surface area contributed by atoms with Crippen LogP contribution in [-0.2, 0) is 6.42 Å². The summed E-state index contributed by atoms with van der Waals surface area (Å²) < 4.78 is 26.6. The molecule has 1 N–H and O–H groups in total. The van der Waals surface area contributed by atoms with Crippen LogP contribution in [0.2, 0.25) is 0 Å². The minimum atomic E-state index is -0.328. The van der Waals surface area contributed by atoms with E-state index in [9.17, 15) is 8.78 Å². The van der Waals surface area contributed by atoms with Crippen LogP contribution in [-0.4, -0.2) is 19.9 Å². The number of imidazole rings is 1. The molecular formula is C20H14F2N4. The van der Waals surface area contributed by atoms with Crippen LogP contribution in [0.3, 0.4) is 0 Å². The van der Waals surface area contributed by atoms with Crippen molar-refractivity contribution in [2.75, 3.05) is 0 Å². The smallest absolute Gasteiger partial charge is 0.159 e. The van der Waals surface area contributed by atoms with Crippen LogP contribution in [0.25, 0.3) is 22.6 Å². The highest BCUT2D eigenvalue weighted by atomic mass is 19.1. The van der Waals surface area contributed by atoms with Crippen molar-refractivity contribution in [2.24, 2.45) is 0 Å². The van der Waals surface area contributed by atoms with Crippen molar-refractivity contribution >= 4 is 0 Å². The molecule has 2 heterocycles. The third-order valence-corrected chi connectivity index (χ3v) is 3.93. The van der Waals surface area contributed by atoms with Crippen molar-refractivity contribution in [3.63, 3.8) is 0 Å². The highest BCUT2D eigenvalue weighted by Crippen LogP contribution is 2.20. The van der Waals surface area contributed by atoms with Gasteiger partial charge in [-0.05, 0) is 29.8 Å². The molecule has 128 valence electrons. The molecule has 4 aromatic rings. The maximum atomic E-state index is 13.3. The highest BCUT2D eigenvalue weighted by Gasteiger charge is 2.08. The maximum Gasteiger partial charge on any atom is 0.159 e. The molecule has 0 unspecified atom stereocenters.